The summed E-state index contributed by atoms with van der Waals surface area (Å²) < 4.78 is 5.36. The van der Waals surface area contributed by atoms with Crippen molar-refractivity contribution in [3.8, 4) is 0 Å². The fourth-order valence-electron chi connectivity index (χ4n) is 2.25. The highest BCUT2D eigenvalue weighted by Crippen LogP contribution is 2.14. The average Bonchev–Trinajstić information content (AvgIpc) is 2.51. The standard InChI is InChI=1S/C15H24N4O2/c1-3-4-5-15(20)16-11-13-17-12(2)10-14(18-13)19-6-8-21-9-7-19/h10H,3-9,11H2,1-2H3,(H,16,20). The number of rotatable bonds is 6. The van der Waals surface area contributed by atoms with E-state index in [2.05, 4.69) is 27.1 Å². The van der Waals surface area contributed by atoms with E-state index >= 15 is 0 Å². The number of carbonyl (C=O) groups excluding carboxylic acids is 1. The Labute approximate surface area is 125 Å². The molecule has 0 atom stereocenters. The molecule has 0 spiro atoms. The van der Waals surface area contributed by atoms with Gasteiger partial charge in [0.2, 0.25) is 5.91 Å². The topological polar surface area (TPSA) is 67.4 Å². The van der Waals surface area contributed by atoms with Gasteiger partial charge in [0.25, 0.3) is 0 Å². The molecule has 0 aromatic carbocycles. The van der Waals surface area contributed by atoms with Crippen LogP contribution in [0.1, 0.15) is 37.7 Å². The molecule has 1 aliphatic heterocycles. The minimum absolute atomic E-state index is 0.0647. The summed E-state index contributed by atoms with van der Waals surface area (Å²) in [7, 11) is 0. The molecule has 1 amide bonds. The van der Waals surface area contributed by atoms with Crippen molar-refractivity contribution in [1.82, 2.24) is 15.3 Å². The minimum atomic E-state index is 0.0647. The number of nitrogens with one attached hydrogen (secondary N) is 1. The highest BCUT2D eigenvalue weighted by Gasteiger charge is 2.14. The van der Waals surface area contributed by atoms with Crippen molar-refractivity contribution in [2.24, 2.45) is 0 Å². The number of ether oxygens (including phenoxy) is 1. The number of nitrogens with zero attached hydrogens (tertiary/aromatic N) is 3. The first-order valence-corrected chi connectivity index (χ1v) is 7.63. The van der Waals surface area contributed by atoms with Crippen molar-refractivity contribution >= 4 is 11.7 Å². The Bertz CT molecular complexity index is 473. The average molecular weight is 292 g/mol. The van der Waals surface area contributed by atoms with Crippen LogP contribution in [-0.2, 0) is 16.1 Å². The zero-order chi connectivity index (χ0) is 15.1. The van der Waals surface area contributed by atoms with Crippen LogP contribution in [0.3, 0.4) is 0 Å². The van der Waals surface area contributed by atoms with Crippen LogP contribution in [0.2, 0.25) is 0 Å². The lowest BCUT2D eigenvalue weighted by Gasteiger charge is -2.28. The van der Waals surface area contributed by atoms with E-state index in [9.17, 15) is 4.79 Å². The number of anilines is 1. The Hall–Kier alpha value is -1.69. The van der Waals surface area contributed by atoms with E-state index in [1.807, 2.05) is 13.0 Å². The molecule has 1 fully saturated rings. The summed E-state index contributed by atoms with van der Waals surface area (Å²) in [5.74, 6) is 1.65. The number of amides is 1. The van der Waals surface area contributed by atoms with Crippen LogP contribution in [-0.4, -0.2) is 42.2 Å². The van der Waals surface area contributed by atoms with Crippen LogP contribution in [0, 0.1) is 6.92 Å². The van der Waals surface area contributed by atoms with Crippen molar-refractivity contribution in [2.75, 3.05) is 31.2 Å². The zero-order valence-electron chi connectivity index (χ0n) is 12.9. The molecule has 116 valence electrons. The van der Waals surface area contributed by atoms with Gasteiger partial charge in [0.05, 0.1) is 19.8 Å². The van der Waals surface area contributed by atoms with Crippen molar-refractivity contribution in [3.63, 3.8) is 0 Å². The molecule has 0 saturated carbocycles. The molecule has 2 heterocycles. The van der Waals surface area contributed by atoms with Gasteiger partial charge in [-0.05, 0) is 13.3 Å². The third-order valence-electron chi connectivity index (χ3n) is 3.42. The molecule has 0 unspecified atom stereocenters. The summed E-state index contributed by atoms with van der Waals surface area (Å²) in [6.07, 6.45) is 2.51. The van der Waals surface area contributed by atoms with Gasteiger partial charge in [0.1, 0.15) is 11.6 Å². The molecular weight excluding hydrogens is 268 g/mol. The van der Waals surface area contributed by atoms with E-state index in [4.69, 9.17) is 4.74 Å². The maximum Gasteiger partial charge on any atom is 0.220 e. The third kappa shape index (κ3) is 4.97. The van der Waals surface area contributed by atoms with Gasteiger partial charge in [0, 0.05) is 31.3 Å². The predicted octanol–water partition coefficient (Wildman–Crippen LogP) is 1.43. The number of hydrogen-bond donors (Lipinski definition) is 1. The second kappa shape index (κ2) is 7.93. The molecule has 0 aliphatic carbocycles. The second-order valence-corrected chi connectivity index (χ2v) is 5.26. The number of carbonyl (C=O) groups is 1. The molecule has 2 rings (SSSR count). The Morgan fingerprint density at radius 3 is 2.86 bits per heavy atom. The van der Waals surface area contributed by atoms with E-state index in [1.165, 1.54) is 0 Å². The number of hydrogen-bond acceptors (Lipinski definition) is 5. The van der Waals surface area contributed by atoms with E-state index in [-0.39, 0.29) is 5.91 Å². The summed E-state index contributed by atoms with van der Waals surface area (Å²) in [4.78, 5) is 22.8. The van der Waals surface area contributed by atoms with Gasteiger partial charge in [-0.1, -0.05) is 13.3 Å². The van der Waals surface area contributed by atoms with Crippen LogP contribution >= 0.6 is 0 Å². The summed E-state index contributed by atoms with van der Waals surface area (Å²) >= 11 is 0. The van der Waals surface area contributed by atoms with Gasteiger partial charge >= 0.3 is 0 Å². The van der Waals surface area contributed by atoms with Gasteiger partial charge in [-0.25, -0.2) is 9.97 Å². The van der Waals surface area contributed by atoms with Crippen LogP contribution in [0.5, 0.6) is 0 Å². The molecule has 1 aromatic rings. The highest BCUT2D eigenvalue weighted by molar-refractivity contribution is 5.75. The fourth-order valence-corrected chi connectivity index (χ4v) is 2.25. The molecule has 0 radical (unpaired) electrons. The molecule has 6 nitrogen and oxygen atoms in total. The molecular formula is C15H24N4O2. The molecule has 1 aromatic heterocycles. The van der Waals surface area contributed by atoms with Crippen molar-refractivity contribution < 1.29 is 9.53 Å². The second-order valence-electron chi connectivity index (χ2n) is 5.26. The predicted molar refractivity (Wildman–Crippen MR) is 81.2 cm³/mol. The lowest BCUT2D eigenvalue weighted by atomic mass is 10.2. The first-order chi connectivity index (χ1) is 10.2. The van der Waals surface area contributed by atoms with Gasteiger partial charge in [-0.3, -0.25) is 4.79 Å². The van der Waals surface area contributed by atoms with E-state index in [1.54, 1.807) is 0 Å². The Morgan fingerprint density at radius 1 is 1.38 bits per heavy atom. The van der Waals surface area contributed by atoms with Crippen LogP contribution in [0.15, 0.2) is 6.07 Å². The van der Waals surface area contributed by atoms with Gasteiger partial charge in [0.15, 0.2) is 0 Å². The van der Waals surface area contributed by atoms with Crippen LogP contribution < -0.4 is 10.2 Å². The summed E-state index contributed by atoms with van der Waals surface area (Å²) in [5.41, 5.74) is 0.921. The monoisotopic (exact) mass is 292 g/mol. The lowest BCUT2D eigenvalue weighted by molar-refractivity contribution is -0.121. The number of morpholine rings is 1. The van der Waals surface area contributed by atoms with Crippen LogP contribution in [0.4, 0.5) is 5.82 Å². The first kappa shape index (κ1) is 15.7. The van der Waals surface area contributed by atoms with Crippen LogP contribution in [0.25, 0.3) is 0 Å². The zero-order valence-corrected chi connectivity index (χ0v) is 12.9. The van der Waals surface area contributed by atoms with Crippen molar-refractivity contribution in [3.05, 3.63) is 17.6 Å². The Morgan fingerprint density at radius 2 is 2.14 bits per heavy atom. The Balaban J connectivity index is 1.96. The normalized spacial score (nSPS) is 15.0. The van der Waals surface area contributed by atoms with Crippen molar-refractivity contribution in [2.45, 2.75) is 39.7 Å². The molecule has 21 heavy (non-hydrogen) atoms. The lowest BCUT2D eigenvalue weighted by Crippen LogP contribution is -2.37. The maximum atomic E-state index is 11.7. The van der Waals surface area contributed by atoms with Gasteiger partial charge in [-0.15, -0.1) is 0 Å². The first-order valence-electron chi connectivity index (χ1n) is 7.63. The van der Waals surface area contributed by atoms with E-state index in [0.717, 1.165) is 50.7 Å². The SMILES string of the molecule is CCCCC(=O)NCc1nc(C)cc(N2CCOCC2)n1. The maximum absolute atomic E-state index is 11.7. The van der Waals surface area contributed by atoms with Crippen molar-refractivity contribution in [1.29, 1.82) is 0 Å². The summed E-state index contributed by atoms with van der Waals surface area (Å²) in [6.45, 7) is 7.57. The largest absolute Gasteiger partial charge is 0.378 e. The highest BCUT2D eigenvalue weighted by atomic mass is 16.5. The molecule has 1 aliphatic rings. The number of unbranched alkanes of at least 4 members (excludes halogenated alkanes) is 1. The summed E-state index contributed by atoms with van der Waals surface area (Å²) in [6, 6.07) is 1.98. The fraction of sp³-hybridized carbons (Fsp3) is 0.667. The molecule has 0 bridgehead atoms. The quantitative estimate of drug-likeness (QED) is 0.859. The summed E-state index contributed by atoms with van der Waals surface area (Å²) in [5, 5.41) is 2.88. The molecule has 1 N–H and O–H groups in total. The molecule has 1 saturated heterocycles. The van der Waals surface area contributed by atoms with Gasteiger partial charge in [-0.2, -0.15) is 0 Å². The number of aryl methyl sites for hydroxylation is 1. The molecule has 6 heteroatoms. The van der Waals surface area contributed by atoms with Gasteiger partial charge < -0.3 is 15.0 Å². The Kier molecular flexibility index (Phi) is 5.92. The minimum Gasteiger partial charge on any atom is -0.378 e. The van der Waals surface area contributed by atoms with E-state index in [0.29, 0.717) is 18.8 Å². The van der Waals surface area contributed by atoms with E-state index < -0.39 is 0 Å². The number of aromatic nitrogens is 2. The third-order valence-corrected chi connectivity index (χ3v) is 3.42. The smallest absolute Gasteiger partial charge is 0.220 e.